The van der Waals surface area contributed by atoms with Crippen molar-refractivity contribution in [3.63, 3.8) is 0 Å². The van der Waals surface area contributed by atoms with Gasteiger partial charge in [0.2, 0.25) is 0 Å². The van der Waals surface area contributed by atoms with Crippen LogP contribution in [0.5, 0.6) is 0 Å². The molecule has 0 spiro atoms. The number of fused-ring (bicyclic) bond motifs is 3. The highest BCUT2D eigenvalue weighted by Gasteiger charge is 2.22. The lowest BCUT2D eigenvalue weighted by Crippen LogP contribution is -2.25. The summed E-state index contributed by atoms with van der Waals surface area (Å²) in [7, 11) is 0. The SMILES string of the molecule is Cc1cccc(-c2nc3sc4c(c3c(=O)n2CCC(=O)O)CCCC4)c1. The van der Waals surface area contributed by atoms with Gasteiger partial charge in [-0.15, -0.1) is 11.3 Å². The number of nitrogens with zero attached hydrogens (tertiary/aromatic N) is 2. The van der Waals surface area contributed by atoms with Crippen molar-refractivity contribution < 1.29 is 9.90 Å². The molecule has 5 nitrogen and oxygen atoms in total. The van der Waals surface area contributed by atoms with Gasteiger partial charge in [0, 0.05) is 17.0 Å². The molecule has 0 fully saturated rings. The van der Waals surface area contributed by atoms with E-state index in [1.54, 1.807) is 15.9 Å². The number of aromatic nitrogens is 2. The first kappa shape index (κ1) is 17.0. The molecule has 134 valence electrons. The zero-order valence-electron chi connectivity index (χ0n) is 14.6. The van der Waals surface area contributed by atoms with Gasteiger partial charge in [0.15, 0.2) is 0 Å². The quantitative estimate of drug-likeness (QED) is 0.760. The van der Waals surface area contributed by atoms with Crippen LogP contribution in [0.2, 0.25) is 0 Å². The normalized spacial score (nSPS) is 13.7. The molecule has 0 radical (unpaired) electrons. The Morgan fingerprint density at radius 3 is 2.88 bits per heavy atom. The molecule has 0 amide bonds. The predicted molar refractivity (Wildman–Crippen MR) is 103 cm³/mol. The minimum absolute atomic E-state index is 0.0990. The van der Waals surface area contributed by atoms with Crippen LogP contribution in [0, 0.1) is 6.92 Å². The van der Waals surface area contributed by atoms with E-state index in [9.17, 15) is 9.59 Å². The number of benzene rings is 1. The van der Waals surface area contributed by atoms with E-state index in [1.807, 2.05) is 31.2 Å². The second-order valence-corrected chi connectivity index (χ2v) is 7.88. The summed E-state index contributed by atoms with van der Waals surface area (Å²) in [5, 5.41) is 9.80. The molecule has 1 aliphatic carbocycles. The maximum atomic E-state index is 13.3. The number of thiophene rings is 1. The molecule has 26 heavy (non-hydrogen) atoms. The Labute approximate surface area is 154 Å². The van der Waals surface area contributed by atoms with Crippen LogP contribution in [0.1, 0.15) is 35.3 Å². The zero-order chi connectivity index (χ0) is 18.3. The molecule has 4 rings (SSSR count). The summed E-state index contributed by atoms with van der Waals surface area (Å²) in [5.74, 6) is -0.356. The Bertz CT molecular complexity index is 1060. The molecule has 2 heterocycles. The summed E-state index contributed by atoms with van der Waals surface area (Å²) >= 11 is 1.62. The van der Waals surface area contributed by atoms with Crippen LogP contribution in [0.4, 0.5) is 0 Å². The van der Waals surface area contributed by atoms with Crippen molar-refractivity contribution in [1.82, 2.24) is 9.55 Å². The number of carbonyl (C=O) groups is 1. The standard InChI is InChI=1S/C20H20N2O3S/c1-12-5-4-6-13(11-12)18-21-19-17(14-7-2-3-8-15(14)26-19)20(25)22(18)10-9-16(23)24/h4-6,11H,2-3,7-10H2,1H3,(H,23,24). The van der Waals surface area contributed by atoms with Gasteiger partial charge in [-0.3, -0.25) is 14.2 Å². The van der Waals surface area contributed by atoms with Gasteiger partial charge in [0.1, 0.15) is 10.7 Å². The topological polar surface area (TPSA) is 72.2 Å². The Balaban J connectivity index is 1.98. The van der Waals surface area contributed by atoms with Gasteiger partial charge in [-0.2, -0.15) is 0 Å². The Hall–Kier alpha value is -2.47. The van der Waals surface area contributed by atoms with E-state index < -0.39 is 5.97 Å². The molecule has 1 N–H and O–H groups in total. The number of carboxylic acid groups (broad SMARTS) is 1. The van der Waals surface area contributed by atoms with Crippen LogP contribution in [-0.4, -0.2) is 20.6 Å². The summed E-state index contributed by atoms with van der Waals surface area (Å²) < 4.78 is 1.55. The highest BCUT2D eigenvalue weighted by Crippen LogP contribution is 2.34. The molecule has 0 saturated carbocycles. The number of aliphatic carboxylic acids is 1. The summed E-state index contributed by atoms with van der Waals surface area (Å²) in [6.45, 7) is 2.12. The minimum atomic E-state index is -0.917. The van der Waals surface area contributed by atoms with Gasteiger partial charge in [-0.05, 0) is 44.2 Å². The van der Waals surface area contributed by atoms with E-state index in [4.69, 9.17) is 10.1 Å². The van der Waals surface area contributed by atoms with Crippen molar-refractivity contribution in [2.45, 2.75) is 45.6 Å². The zero-order valence-corrected chi connectivity index (χ0v) is 15.4. The van der Waals surface area contributed by atoms with E-state index >= 15 is 0 Å². The van der Waals surface area contributed by atoms with Gasteiger partial charge in [-0.25, -0.2) is 4.98 Å². The molecule has 0 saturated heterocycles. The Morgan fingerprint density at radius 1 is 1.31 bits per heavy atom. The second-order valence-electron chi connectivity index (χ2n) is 6.80. The van der Waals surface area contributed by atoms with Crippen LogP contribution in [0.3, 0.4) is 0 Å². The van der Waals surface area contributed by atoms with Crippen molar-refractivity contribution in [2.24, 2.45) is 0 Å². The van der Waals surface area contributed by atoms with Crippen molar-refractivity contribution in [2.75, 3.05) is 0 Å². The van der Waals surface area contributed by atoms with Crippen LogP contribution in [0.25, 0.3) is 21.6 Å². The first-order chi connectivity index (χ1) is 12.5. The van der Waals surface area contributed by atoms with Gasteiger partial charge < -0.3 is 5.11 Å². The largest absolute Gasteiger partial charge is 0.481 e. The molecule has 2 aromatic heterocycles. The molecule has 0 atom stereocenters. The van der Waals surface area contributed by atoms with Gasteiger partial charge >= 0.3 is 5.97 Å². The highest BCUT2D eigenvalue weighted by atomic mass is 32.1. The number of carboxylic acids is 1. The van der Waals surface area contributed by atoms with Crippen LogP contribution >= 0.6 is 11.3 Å². The molecular formula is C20H20N2O3S. The average Bonchev–Trinajstić information content (AvgIpc) is 2.99. The fourth-order valence-corrected chi connectivity index (χ4v) is 4.91. The summed E-state index contributed by atoms with van der Waals surface area (Å²) in [5.41, 5.74) is 2.95. The second kappa shape index (κ2) is 6.68. The Kier molecular flexibility index (Phi) is 4.36. The Morgan fingerprint density at radius 2 is 2.12 bits per heavy atom. The molecule has 0 bridgehead atoms. The first-order valence-electron chi connectivity index (χ1n) is 8.88. The van der Waals surface area contributed by atoms with E-state index in [-0.39, 0.29) is 18.5 Å². The van der Waals surface area contributed by atoms with Gasteiger partial charge in [0.25, 0.3) is 5.56 Å². The van der Waals surface area contributed by atoms with Gasteiger partial charge in [0.05, 0.1) is 11.8 Å². The maximum absolute atomic E-state index is 13.3. The fourth-order valence-electron chi connectivity index (χ4n) is 3.66. The van der Waals surface area contributed by atoms with Crippen molar-refractivity contribution in [1.29, 1.82) is 0 Å². The van der Waals surface area contributed by atoms with E-state index in [2.05, 4.69) is 0 Å². The van der Waals surface area contributed by atoms with E-state index in [1.165, 1.54) is 4.88 Å². The fraction of sp³-hybridized carbons (Fsp3) is 0.350. The first-order valence-corrected chi connectivity index (χ1v) is 9.70. The van der Waals surface area contributed by atoms with Crippen molar-refractivity contribution in [3.05, 3.63) is 50.6 Å². The monoisotopic (exact) mass is 368 g/mol. The maximum Gasteiger partial charge on any atom is 0.305 e. The molecule has 6 heteroatoms. The molecule has 0 unspecified atom stereocenters. The number of rotatable bonds is 4. The third-order valence-corrected chi connectivity index (χ3v) is 6.09. The summed E-state index contributed by atoms with van der Waals surface area (Å²) in [6, 6.07) is 7.83. The summed E-state index contributed by atoms with van der Waals surface area (Å²) in [4.78, 5) is 31.3. The molecule has 1 aromatic carbocycles. The van der Waals surface area contributed by atoms with Crippen LogP contribution < -0.4 is 5.56 Å². The third-order valence-electron chi connectivity index (χ3n) is 4.90. The lowest BCUT2D eigenvalue weighted by Gasteiger charge is -2.13. The van der Waals surface area contributed by atoms with E-state index in [0.29, 0.717) is 11.2 Å². The lowest BCUT2D eigenvalue weighted by atomic mass is 9.97. The van der Waals surface area contributed by atoms with Gasteiger partial charge in [-0.1, -0.05) is 23.8 Å². The molecule has 0 aliphatic heterocycles. The smallest absolute Gasteiger partial charge is 0.305 e. The van der Waals surface area contributed by atoms with Crippen LogP contribution in [0.15, 0.2) is 29.1 Å². The lowest BCUT2D eigenvalue weighted by molar-refractivity contribution is -0.137. The molecule has 3 aromatic rings. The van der Waals surface area contributed by atoms with Crippen molar-refractivity contribution in [3.8, 4) is 11.4 Å². The highest BCUT2D eigenvalue weighted by molar-refractivity contribution is 7.18. The number of hydrogen-bond acceptors (Lipinski definition) is 4. The van der Waals surface area contributed by atoms with E-state index in [0.717, 1.165) is 47.2 Å². The van der Waals surface area contributed by atoms with Crippen molar-refractivity contribution >= 4 is 27.5 Å². The average molecular weight is 368 g/mol. The summed E-state index contributed by atoms with van der Waals surface area (Å²) in [6.07, 6.45) is 4.06. The van der Waals surface area contributed by atoms with Crippen LogP contribution in [-0.2, 0) is 24.2 Å². The molecule has 1 aliphatic rings. The minimum Gasteiger partial charge on any atom is -0.481 e. The number of aryl methyl sites for hydroxylation is 3. The predicted octanol–water partition coefficient (Wildman–Crippen LogP) is 3.79. The third kappa shape index (κ3) is 2.94. The molecular weight excluding hydrogens is 348 g/mol. The number of hydrogen-bond donors (Lipinski definition) is 1.